The number of hydrogen-bond donors (Lipinski definition) is 1. The fourth-order valence-electron chi connectivity index (χ4n) is 2.53. The normalized spacial score (nSPS) is 11.4. The van der Waals surface area contributed by atoms with Crippen LogP contribution in [0.2, 0.25) is 0 Å². The van der Waals surface area contributed by atoms with E-state index in [2.05, 4.69) is 42.7 Å². The first-order valence-corrected chi connectivity index (χ1v) is 7.99. The van der Waals surface area contributed by atoms with Gasteiger partial charge in [0.1, 0.15) is 0 Å². The van der Waals surface area contributed by atoms with E-state index in [0.29, 0.717) is 0 Å². The summed E-state index contributed by atoms with van der Waals surface area (Å²) in [6.07, 6.45) is 2.30. The molecule has 114 valence electrons. The molecule has 0 aliphatic heterocycles. The Kier molecular flexibility index (Phi) is 8.31. The third kappa shape index (κ3) is 5.93. The van der Waals surface area contributed by atoms with Gasteiger partial charge in [0.05, 0.1) is 0 Å². The van der Waals surface area contributed by atoms with Crippen LogP contribution in [0.5, 0.6) is 0 Å². The molecule has 0 radical (unpaired) electrons. The van der Waals surface area contributed by atoms with Crippen molar-refractivity contribution in [1.29, 1.82) is 0 Å². The Labute approximate surface area is 124 Å². The second kappa shape index (κ2) is 9.78. The highest BCUT2D eigenvalue weighted by Crippen LogP contribution is 2.11. The van der Waals surface area contributed by atoms with Gasteiger partial charge in [-0.2, -0.15) is 0 Å². The van der Waals surface area contributed by atoms with Gasteiger partial charge in [0.2, 0.25) is 0 Å². The maximum Gasteiger partial charge on any atom is 0.0347 e. The second-order valence-electron chi connectivity index (χ2n) is 5.26. The number of para-hydroxylation sites is 1. The summed E-state index contributed by atoms with van der Waals surface area (Å²) in [5.74, 6) is 0. The summed E-state index contributed by atoms with van der Waals surface area (Å²) in [5, 5.41) is 0. The molecule has 0 heterocycles. The van der Waals surface area contributed by atoms with Gasteiger partial charge in [0.25, 0.3) is 0 Å². The first-order chi connectivity index (χ1) is 9.71. The van der Waals surface area contributed by atoms with Gasteiger partial charge in [0, 0.05) is 12.2 Å². The molecule has 0 aromatic heterocycles. The van der Waals surface area contributed by atoms with Crippen molar-refractivity contribution in [2.45, 2.75) is 33.6 Å². The van der Waals surface area contributed by atoms with Crippen molar-refractivity contribution in [2.24, 2.45) is 0 Å². The predicted octanol–water partition coefficient (Wildman–Crippen LogP) is 2.87. The first-order valence-electron chi connectivity index (χ1n) is 7.99. The standard InChI is InChI=1S/C17H31N3/c1-4-19(5-2)13-9-14-20(6-3)15-12-16-10-7-8-11-17(16)18/h7-8,10-11H,4-6,9,12-15,18H2,1-3H3. The minimum absolute atomic E-state index is 0.923. The molecule has 3 nitrogen and oxygen atoms in total. The van der Waals surface area contributed by atoms with E-state index in [0.717, 1.165) is 38.3 Å². The fourth-order valence-corrected chi connectivity index (χ4v) is 2.53. The van der Waals surface area contributed by atoms with Gasteiger partial charge < -0.3 is 15.5 Å². The second-order valence-corrected chi connectivity index (χ2v) is 5.26. The number of nitrogens with zero attached hydrogens (tertiary/aromatic N) is 2. The number of rotatable bonds is 10. The van der Waals surface area contributed by atoms with Crippen molar-refractivity contribution in [1.82, 2.24) is 9.80 Å². The molecule has 2 N–H and O–H groups in total. The van der Waals surface area contributed by atoms with Crippen LogP contribution in [0.1, 0.15) is 32.8 Å². The smallest absolute Gasteiger partial charge is 0.0347 e. The molecule has 0 aliphatic rings. The molecule has 3 heteroatoms. The molecular weight excluding hydrogens is 246 g/mol. The maximum atomic E-state index is 6.00. The van der Waals surface area contributed by atoms with E-state index in [1.165, 1.54) is 25.1 Å². The zero-order valence-corrected chi connectivity index (χ0v) is 13.4. The van der Waals surface area contributed by atoms with Crippen molar-refractivity contribution in [3.05, 3.63) is 29.8 Å². The molecule has 0 bridgehead atoms. The van der Waals surface area contributed by atoms with Crippen LogP contribution in [0.3, 0.4) is 0 Å². The zero-order valence-electron chi connectivity index (χ0n) is 13.4. The van der Waals surface area contributed by atoms with E-state index in [9.17, 15) is 0 Å². The van der Waals surface area contributed by atoms with E-state index in [4.69, 9.17) is 5.73 Å². The van der Waals surface area contributed by atoms with Gasteiger partial charge in [-0.05, 0) is 57.2 Å². The topological polar surface area (TPSA) is 32.5 Å². The molecule has 1 aromatic carbocycles. The molecule has 0 unspecified atom stereocenters. The highest BCUT2D eigenvalue weighted by Gasteiger charge is 2.06. The number of nitrogen functional groups attached to an aromatic ring is 1. The molecular formula is C17H31N3. The minimum Gasteiger partial charge on any atom is -0.399 e. The summed E-state index contributed by atoms with van der Waals surface area (Å²) >= 11 is 0. The number of nitrogens with two attached hydrogens (primary N) is 1. The quantitative estimate of drug-likeness (QED) is 0.668. The first kappa shape index (κ1) is 17.0. The molecule has 0 spiro atoms. The molecule has 0 saturated carbocycles. The van der Waals surface area contributed by atoms with Crippen molar-refractivity contribution < 1.29 is 0 Å². The van der Waals surface area contributed by atoms with Gasteiger partial charge in [-0.25, -0.2) is 0 Å². The van der Waals surface area contributed by atoms with E-state index < -0.39 is 0 Å². The number of likely N-dealkylation sites (N-methyl/N-ethyl adjacent to an activating group) is 1. The Morgan fingerprint density at radius 3 is 2.05 bits per heavy atom. The van der Waals surface area contributed by atoms with Crippen LogP contribution in [0.15, 0.2) is 24.3 Å². The van der Waals surface area contributed by atoms with Gasteiger partial charge in [-0.3, -0.25) is 0 Å². The van der Waals surface area contributed by atoms with Gasteiger partial charge in [0.15, 0.2) is 0 Å². The number of hydrogen-bond acceptors (Lipinski definition) is 3. The molecule has 0 aliphatic carbocycles. The van der Waals surface area contributed by atoms with Crippen LogP contribution in [-0.4, -0.2) is 49.1 Å². The zero-order chi connectivity index (χ0) is 14.8. The summed E-state index contributed by atoms with van der Waals surface area (Å²) in [6.45, 7) is 13.6. The summed E-state index contributed by atoms with van der Waals surface area (Å²) in [7, 11) is 0. The van der Waals surface area contributed by atoms with Gasteiger partial charge in [-0.15, -0.1) is 0 Å². The molecule has 0 amide bonds. The monoisotopic (exact) mass is 277 g/mol. The summed E-state index contributed by atoms with van der Waals surface area (Å²) in [4.78, 5) is 5.01. The third-order valence-corrected chi connectivity index (χ3v) is 4.04. The van der Waals surface area contributed by atoms with Gasteiger partial charge in [-0.1, -0.05) is 39.0 Å². The Morgan fingerprint density at radius 2 is 1.45 bits per heavy atom. The Balaban J connectivity index is 2.31. The van der Waals surface area contributed by atoms with Crippen LogP contribution in [0.4, 0.5) is 5.69 Å². The lowest BCUT2D eigenvalue weighted by Crippen LogP contribution is -2.31. The summed E-state index contributed by atoms with van der Waals surface area (Å²) < 4.78 is 0. The molecule has 1 rings (SSSR count). The summed E-state index contributed by atoms with van der Waals surface area (Å²) in [6, 6.07) is 8.20. The van der Waals surface area contributed by atoms with Crippen molar-refractivity contribution in [3.63, 3.8) is 0 Å². The van der Waals surface area contributed by atoms with Crippen LogP contribution in [0.25, 0.3) is 0 Å². The Morgan fingerprint density at radius 1 is 0.850 bits per heavy atom. The van der Waals surface area contributed by atoms with Crippen LogP contribution in [0, 0.1) is 0 Å². The average molecular weight is 277 g/mol. The largest absolute Gasteiger partial charge is 0.399 e. The van der Waals surface area contributed by atoms with E-state index in [1.807, 2.05) is 12.1 Å². The van der Waals surface area contributed by atoms with E-state index in [-0.39, 0.29) is 0 Å². The lowest BCUT2D eigenvalue weighted by Gasteiger charge is -2.23. The highest BCUT2D eigenvalue weighted by molar-refractivity contribution is 5.46. The average Bonchev–Trinajstić information content (AvgIpc) is 2.48. The fraction of sp³-hybridized carbons (Fsp3) is 0.647. The van der Waals surface area contributed by atoms with Gasteiger partial charge >= 0.3 is 0 Å². The van der Waals surface area contributed by atoms with E-state index >= 15 is 0 Å². The molecule has 20 heavy (non-hydrogen) atoms. The van der Waals surface area contributed by atoms with Crippen molar-refractivity contribution >= 4 is 5.69 Å². The number of anilines is 1. The SMILES string of the molecule is CCN(CC)CCCN(CC)CCc1ccccc1N. The van der Waals surface area contributed by atoms with Crippen LogP contribution in [-0.2, 0) is 6.42 Å². The van der Waals surface area contributed by atoms with Crippen LogP contribution >= 0.6 is 0 Å². The lowest BCUT2D eigenvalue weighted by molar-refractivity contribution is 0.245. The van der Waals surface area contributed by atoms with Crippen molar-refractivity contribution in [3.8, 4) is 0 Å². The molecule has 0 saturated heterocycles. The third-order valence-electron chi connectivity index (χ3n) is 4.04. The van der Waals surface area contributed by atoms with Crippen molar-refractivity contribution in [2.75, 3.05) is 45.0 Å². The van der Waals surface area contributed by atoms with Crippen LogP contribution < -0.4 is 5.73 Å². The predicted molar refractivity (Wildman–Crippen MR) is 89.1 cm³/mol. The summed E-state index contributed by atoms with van der Waals surface area (Å²) in [5.41, 5.74) is 8.19. The Hall–Kier alpha value is -1.06. The van der Waals surface area contributed by atoms with E-state index in [1.54, 1.807) is 0 Å². The lowest BCUT2D eigenvalue weighted by atomic mass is 10.1. The minimum atomic E-state index is 0.923. The molecule has 1 aromatic rings. The maximum absolute atomic E-state index is 6.00. The molecule has 0 fully saturated rings. The molecule has 0 atom stereocenters. The Bertz CT molecular complexity index is 361. The highest BCUT2D eigenvalue weighted by atomic mass is 15.1. The number of benzene rings is 1.